The smallest absolute Gasteiger partial charge is 0.176 e. The summed E-state index contributed by atoms with van der Waals surface area (Å²) in [6.07, 6.45) is 1.35. The van der Waals surface area contributed by atoms with Gasteiger partial charge in [0, 0.05) is 11.8 Å². The summed E-state index contributed by atoms with van der Waals surface area (Å²) in [5, 5.41) is 0. The fourth-order valence-corrected chi connectivity index (χ4v) is 2.51. The highest BCUT2D eigenvalue weighted by Gasteiger charge is 2.51. The van der Waals surface area contributed by atoms with Gasteiger partial charge in [-0.2, -0.15) is 0 Å². The van der Waals surface area contributed by atoms with Crippen LogP contribution in [0.5, 0.6) is 0 Å². The molecule has 0 amide bonds. The lowest BCUT2D eigenvalue weighted by molar-refractivity contribution is 0.0942. The monoisotopic (exact) mass is 273 g/mol. The van der Waals surface area contributed by atoms with Gasteiger partial charge in [-0.3, -0.25) is 4.79 Å². The molecule has 2 aromatic rings. The summed E-state index contributed by atoms with van der Waals surface area (Å²) >= 11 is 0. The zero-order valence-corrected chi connectivity index (χ0v) is 10.7. The lowest BCUT2D eigenvalue weighted by Crippen LogP contribution is -2.21. The van der Waals surface area contributed by atoms with Crippen molar-refractivity contribution in [3.05, 3.63) is 65.2 Å². The van der Waals surface area contributed by atoms with Crippen molar-refractivity contribution in [1.82, 2.24) is 0 Å². The Hall–Kier alpha value is -2.23. The minimum Gasteiger partial charge on any atom is -0.399 e. The number of benzene rings is 2. The van der Waals surface area contributed by atoms with Gasteiger partial charge in [-0.25, -0.2) is 8.78 Å². The van der Waals surface area contributed by atoms with Crippen molar-refractivity contribution in [2.75, 3.05) is 5.73 Å². The lowest BCUT2D eigenvalue weighted by atomic mass is 9.87. The highest BCUT2D eigenvalue weighted by Crippen LogP contribution is 2.50. The van der Waals surface area contributed by atoms with Crippen molar-refractivity contribution in [3.63, 3.8) is 0 Å². The molecule has 102 valence electrons. The van der Waals surface area contributed by atoms with Gasteiger partial charge in [0.1, 0.15) is 11.6 Å². The number of Topliss-reactive ketones (excluding diaryl/α,β-unsaturated/α-hetero) is 1. The fourth-order valence-electron chi connectivity index (χ4n) is 2.51. The molecule has 2 nitrogen and oxygen atoms in total. The molecule has 0 bridgehead atoms. The first-order valence-corrected chi connectivity index (χ1v) is 6.39. The Morgan fingerprint density at radius 2 is 1.70 bits per heavy atom. The van der Waals surface area contributed by atoms with Crippen LogP contribution < -0.4 is 5.73 Å². The number of anilines is 1. The summed E-state index contributed by atoms with van der Waals surface area (Å²) in [5.74, 6) is -1.78. The fraction of sp³-hybridized carbons (Fsp3) is 0.188. The summed E-state index contributed by atoms with van der Waals surface area (Å²) in [5.41, 5.74) is 6.35. The molecule has 0 aromatic heterocycles. The quantitative estimate of drug-likeness (QED) is 0.687. The zero-order chi connectivity index (χ0) is 14.3. The third-order valence-corrected chi connectivity index (χ3v) is 3.82. The summed E-state index contributed by atoms with van der Waals surface area (Å²) in [4.78, 5) is 12.6. The normalized spacial score (nSPS) is 15.9. The van der Waals surface area contributed by atoms with Gasteiger partial charge in [0.25, 0.3) is 0 Å². The third kappa shape index (κ3) is 1.97. The maximum Gasteiger partial charge on any atom is 0.176 e. The van der Waals surface area contributed by atoms with E-state index in [4.69, 9.17) is 5.73 Å². The van der Waals surface area contributed by atoms with Gasteiger partial charge in [0.05, 0.1) is 11.0 Å². The largest absolute Gasteiger partial charge is 0.399 e. The molecule has 0 atom stereocenters. The SMILES string of the molecule is Nc1ccc(C2(C(=O)c3ccc(F)cc3F)CC2)cc1. The predicted molar refractivity (Wildman–Crippen MR) is 72.5 cm³/mol. The van der Waals surface area contributed by atoms with Crippen LogP contribution in [0, 0.1) is 11.6 Å². The first-order chi connectivity index (χ1) is 9.53. The number of carbonyl (C=O) groups is 1. The average molecular weight is 273 g/mol. The molecule has 20 heavy (non-hydrogen) atoms. The molecule has 1 aliphatic carbocycles. The van der Waals surface area contributed by atoms with Crippen molar-refractivity contribution in [3.8, 4) is 0 Å². The van der Waals surface area contributed by atoms with E-state index in [2.05, 4.69) is 0 Å². The number of carbonyl (C=O) groups excluding carboxylic acids is 1. The van der Waals surface area contributed by atoms with E-state index in [1.165, 1.54) is 6.07 Å². The number of rotatable bonds is 3. The molecular weight excluding hydrogens is 260 g/mol. The number of hydrogen-bond acceptors (Lipinski definition) is 2. The first-order valence-electron chi connectivity index (χ1n) is 6.39. The molecule has 0 unspecified atom stereocenters. The molecule has 2 N–H and O–H groups in total. The van der Waals surface area contributed by atoms with Crippen molar-refractivity contribution < 1.29 is 13.6 Å². The molecule has 0 heterocycles. The number of ketones is 1. The second kappa shape index (κ2) is 4.40. The standard InChI is InChI=1S/C16H13F2NO/c17-11-3-6-13(14(18)9-11)15(20)16(7-8-16)10-1-4-12(19)5-2-10/h1-6,9H,7-8,19H2. The summed E-state index contributed by atoms with van der Waals surface area (Å²) in [7, 11) is 0. The molecule has 0 spiro atoms. The van der Waals surface area contributed by atoms with E-state index in [-0.39, 0.29) is 11.3 Å². The van der Waals surface area contributed by atoms with Gasteiger partial charge in [-0.05, 0) is 42.7 Å². The van der Waals surface area contributed by atoms with E-state index in [0.29, 0.717) is 18.5 Å². The van der Waals surface area contributed by atoms with Crippen LogP contribution in [-0.2, 0) is 5.41 Å². The third-order valence-electron chi connectivity index (χ3n) is 3.82. The minimum atomic E-state index is -0.809. The van der Waals surface area contributed by atoms with Gasteiger partial charge >= 0.3 is 0 Å². The Bertz CT molecular complexity index is 675. The molecule has 0 saturated heterocycles. The van der Waals surface area contributed by atoms with E-state index >= 15 is 0 Å². The summed E-state index contributed by atoms with van der Waals surface area (Å²) < 4.78 is 26.7. The number of nitrogen functional groups attached to an aromatic ring is 1. The topological polar surface area (TPSA) is 43.1 Å². The van der Waals surface area contributed by atoms with E-state index in [0.717, 1.165) is 17.7 Å². The van der Waals surface area contributed by atoms with Crippen LogP contribution in [0.2, 0.25) is 0 Å². The van der Waals surface area contributed by atoms with E-state index in [1.807, 2.05) is 0 Å². The maximum absolute atomic E-state index is 13.8. The van der Waals surface area contributed by atoms with Crippen LogP contribution >= 0.6 is 0 Å². The van der Waals surface area contributed by atoms with Gasteiger partial charge < -0.3 is 5.73 Å². The molecule has 1 aliphatic rings. The van der Waals surface area contributed by atoms with Crippen LogP contribution in [-0.4, -0.2) is 5.78 Å². The maximum atomic E-state index is 13.8. The first kappa shape index (κ1) is 12.8. The second-order valence-electron chi connectivity index (χ2n) is 5.16. The number of hydrogen-bond donors (Lipinski definition) is 1. The van der Waals surface area contributed by atoms with Crippen LogP contribution in [0.15, 0.2) is 42.5 Å². The van der Waals surface area contributed by atoms with E-state index in [9.17, 15) is 13.6 Å². The predicted octanol–water partition coefficient (Wildman–Crippen LogP) is 3.46. The highest BCUT2D eigenvalue weighted by atomic mass is 19.1. The molecule has 1 saturated carbocycles. The zero-order valence-electron chi connectivity index (χ0n) is 10.7. The van der Waals surface area contributed by atoms with Gasteiger partial charge in [0.2, 0.25) is 0 Å². The number of nitrogens with two attached hydrogens (primary N) is 1. The van der Waals surface area contributed by atoms with Crippen molar-refractivity contribution in [1.29, 1.82) is 0 Å². The second-order valence-corrected chi connectivity index (χ2v) is 5.16. The molecule has 4 heteroatoms. The Kier molecular flexibility index (Phi) is 2.82. The highest BCUT2D eigenvalue weighted by molar-refractivity contribution is 6.06. The Morgan fingerprint density at radius 3 is 2.25 bits per heavy atom. The average Bonchev–Trinajstić information content (AvgIpc) is 3.20. The van der Waals surface area contributed by atoms with Crippen LogP contribution in [0.1, 0.15) is 28.8 Å². The summed E-state index contributed by atoms with van der Waals surface area (Å²) in [6.45, 7) is 0. The molecular formula is C16H13F2NO. The van der Waals surface area contributed by atoms with Crippen molar-refractivity contribution >= 4 is 11.5 Å². The van der Waals surface area contributed by atoms with Crippen LogP contribution in [0.3, 0.4) is 0 Å². The molecule has 0 radical (unpaired) electrons. The molecule has 2 aromatic carbocycles. The van der Waals surface area contributed by atoms with Crippen LogP contribution in [0.25, 0.3) is 0 Å². The van der Waals surface area contributed by atoms with E-state index in [1.54, 1.807) is 24.3 Å². The van der Waals surface area contributed by atoms with Crippen molar-refractivity contribution in [2.45, 2.75) is 18.3 Å². The number of halogens is 2. The summed E-state index contributed by atoms with van der Waals surface area (Å²) in [6, 6.07) is 10.1. The Morgan fingerprint density at radius 1 is 1.05 bits per heavy atom. The Labute approximate surface area is 115 Å². The molecule has 3 rings (SSSR count). The van der Waals surface area contributed by atoms with Crippen molar-refractivity contribution in [2.24, 2.45) is 0 Å². The van der Waals surface area contributed by atoms with Gasteiger partial charge in [-0.1, -0.05) is 12.1 Å². The minimum absolute atomic E-state index is 0.0549. The molecule has 0 aliphatic heterocycles. The van der Waals surface area contributed by atoms with Gasteiger partial charge in [0.15, 0.2) is 5.78 Å². The van der Waals surface area contributed by atoms with E-state index < -0.39 is 17.0 Å². The molecule has 1 fully saturated rings. The van der Waals surface area contributed by atoms with Crippen LogP contribution in [0.4, 0.5) is 14.5 Å². The lowest BCUT2D eigenvalue weighted by Gasteiger charge is -2.15. The Balaban J connectivity index is 1.99. The van der Waals surface area contributed by atoms with Gasteiger partial charge in [-0.15, -0.1) is 0 Å².